The lowest BCUT2D eigenvalue weighted by Gasteiger charge is -2.33. The molecule has 0 aromatic heterocycles. The first kappa shape index (κ1) is 21.0. The normalized spacial score (nSPS) is 15.7. The second-order valence-corrected chi connectivity index (χ2v) is 7.61. The number of rotatable bonds is 6. The molecule has 1 aliphatic rings. The van der Waals surface area contributed by atoms with Crippen LogP contribution in [-0.4, -0.2) is 50.1 Å². The lowest BCUT2D eigenvalue weighted by Crippen LogP contribution is -2.45. The fourth-order valence-electron chi connectivity index (χ4n) is 3.09. The van der Waals surface area contributed by atoms with Crippen molar-refractivity contribution in [3.05, 3.63) is 47.5 Å². The van der Waals surface area contributed by atoms with Crippen molar-refractivity contribution >= 4 is 40.6 Å². The maximum absolute atomic E-state index is 12.6. The molecule has 29 heavy (non-hydrogen) atoms. The fourth-order valence-corrected chi connectivity index (χ4v) is 3.21. The number of carbonyl (C=O) groups excluding carboxylic acids is 2. The van der Waals surface area contributed by atoms with Gasteiger partial charge in [-0.1, -0.05) is 11.6 Å². The summed E-state index contributed by atoms with van der Waals surface area (Å²) in [6.45, 7) is 3.20. The van der Waals surface area contributed by atoms with Crippen LogP contribution < -0.4 is 20.3 Å². The predicted octanol–water partition coefficient (Wildman–Crippen LogP) is 4.05. The van der Waals surface area contributed by atoms with Gasteiger partial charge in [0.1, 0.15) is 5.75 Å². The van der Waals surface area contributed by atoms with E-state index in [1.165, 1.54) is 0 Å². The monoisotopic (exact) mass is 416 g/mol. The van der Waals surface area contributed by atoms with Gasteiger partial charge in [-0.15, -0.1) is 0 Å². The SMILES string of the molecule is CC1Oc2ccc(NC(=O)Nc3ccc(Cl)cc3)cc2N(CCCN(C)C)C1=O. The van der Waals surface area contributed by atoms with Gasteiger partial charge in [0.25, 0.3) is 5.91 Å². The molecule has 0 saturated heterocycles. The number of hydrogen-bond donors (Lipinski definition) is 2. The molecule has 0 radical (unpaired) electrons. The quantitative estimate of drug-likeness (QED) is 0.745. The Morgan fingerprint density at radius 3 is 2.48 bits per heavy atom. The fraction of sp³-hybridized carbons (Fsp3) is 0.333. The predicted molar refractivity (Wildman–Crippen MR) is 116 cm³/mol. The van der Waals surface area contributed by atoms with E-state index in [0.717, 1.165) is 13.0 Å². The maximum Gasteiger partial charge on any atom is 0.323 e. The largest absolute Gasteiger partial charge is 0.479 e. The molecule has 0 bridgehead atoms. The average molecular weight is 417 g/mol. The average Bonchev–Trinajstić information content (AvgIpc) is 2.67. The molecule has 1 atom stereocenters. The highest BCUT2D eigenvalue weighted by atomic mass is 35.5. The van der Waals surface area contributed by atoms with Crippen LogP contribution >= 0.6 is 11.6 Å². The Balaban J connectivity index is 1.73. The number of nitrogens with zero attached hydrogens (tertiary/aromatic N) is 2. The number of carbonyl (C=O) groups is 2. The first-order chi connectivity index (χ1) is 13.8. The summed E-state index contributed by atoms with van der Waals surface area (Å²) in [5.41, 5.74) is 1.86. The van der Waals surface area contributed by atoms with Crippen molar-refractivity contribution in [1.82, 2.24) is 4.90 Å². The summed E-state index contributed by atoms with van der Waals surface area (Å²) in [4.78, 5) is 28.8. The topological polar surface area (TPSA) is 73.9 Å². The number of fused-ring (bicyclic) bond motifs is 1. The zero-order chi connectivity index (χ0) is 21.0. The van der Waals surface area contributed by atoms with E-state index < -0.39 is 6.10 Å². The molecule has 2 N–H and O–H groups in total. The van der Waals surface area contributed by atoms with Crippen molar-refractivity contribution in [2.24, 2.45) is 0 Å². The minimum Gasteiger partial charge on any atom is -0.479 e. The van der Waals surface area contributed by atoms with E-state index in [2.05, 4.69) is 15.5 Å². The number of ether oxygens (including phenoxy) is 1. The van der Waals surface area contributed by atoms with Crippen molar-refractivity contribution in [2.75, 3.05) is 42.7 Å². The number of hydrogen-bond acceptors (Lipinski definition) is 4. The summed E-state index contributed by atoms with van der Waals surface area (Å²) in [6.07, 6.45) is 0.299. The van der Waals surface area contributed by atoms with E-state index in [-0.39, 0.29) is 11.9 Å². The molecule has 154 valence electrons. The third kappa shape index (κ3) is 5.40. The summed E-state index contributed by atoms with van der Waals surface area (Å²) >= 11 is 5.86. The van der Waals surface area contributed by atoms with E-state index in [0.29, 0.717) is 34.4 Å². The lowest BCUT2D eigenvalue weighted by atomic mass is 10.1. The second kappa shape index (κ2) is 9.15. The first-order valence-corrected chi connectivity index (χ1v) is 9.81. The Bertz CT molecular complexity index is 886. The number of urea groups is 1. The minimum atomic E-state index is -0.533. The van der Waals surface area contributed by atoms with E-state index in [1.54, 1.807) is 54.3 Å². The highest BCUT2D eigenvalue weighted by Gasteiger charge is 2.31. The van der Waals surface area contributed by atoms with E-state index in [4.69, 9.17) is 16.3 Å². The Morgan fingerprint density at radius 1 is 1.14 bits per heavy atom. The van der Waals surface area contributed by atoms with Crippen molar-refractivity contribution in [3.63, 3.8) is 0 Å². The van der Waals surface area contributed by atoms with Gasteiger partial charge in [0, 0.05) is 22.9 Å². The Kier molecular flexibility index (Phi) is 6.61. The van der Waals surface area contributed by atoms with Crippen LogP contribution in [0.3, 0.4) is 0 Å². The molecule has 7 nitrogen and oxygen atoms in total. The maximum atomic E-state index is 12.6. The van der Waals surface area contributed by atoms with Crippen molar-refractivity contribution < 1.29 is 14.3 Å². The summed E-state index contributed by atoms with van der Waals surface area (Å²) in [5.74, 6) is 0.546. The van der Waals surface area contributed by atoms with Crippen LogP contribution in [0.5, 0.6) is 5.75 Å². The molecule has 1 unspecified atom stereocenters. The molecule has 2 aromatic rings. The molecule has 2 aromatic carbocycles. The molecule has 8 heteroatoms. The number of amides is 3. The summed E-state index contributed by atoms with van der Waals surface area (Å²) in [5, 5.41) is 6.13. The van der Waals surface area contributed by atoms with Gasteiger partial charge in [0.15, 0.2) is 6.10 Å². The summed E-state index contributed by atoms with van der Waals surface area (Å²) in [6, 6.07) is 11.7. The van der Waals surface area contributed by atoms with Gasteiger partial charge in [0.05, 0.1) is 5.69 Å². The van der Waals surface area contributed by atoms with Crippen LogP contribution in [-0.2, 0) is 4.79 Å². The van der Waals surface area contributed by atoms with E-state index in [9.17, 15) is 9.59 Å². The summed E-state index contributed by atoms with van der Waals surface area (Å²) < 4.78 is 5.73. The smallest absolute Gasteiger partial charge is 0.323 e. The molecule has 0 aliphatic carbocycles. The van der Waals surface area contributed by atoms with Crippen LogP contribution in [0.15, 0.2) is 42.5 Å². The molecule has 3 amide bonds. The van der Waals surface area contributed by atoms with E-state index in [1.807, 2.05) is 14.1 Å². The van der Waals surface area contributed by atoms with Crippen molar-refractivity contribution in [3.8, 4) is 5.75 Å². The number of anilines is 3. The molecule has 1 heterocycles. The molecule has 3 rings (SSSR count). The van der Waals surface area contributed by atoms with Gasteiger partial charge < -0.3 is 25.2 Å². The summed E-state index contributed by atoms with van der Waals surface area (Å²) in [7, 11) is 4.00. The van der Waals surface area contributed by atoms with Gasteiger partial charge in [-0.3, -0.25) is 4.79 Å². The number of benzene rings is 2. The molecule has 1 aliphatic heterocycles. The minimum absolute atomic E-state index is 0.0842. The van der Waals surface area contributed by atoms with Gasteiger partial charge in [0.2, 0.25) is 0 Å². The Labute approximate surface area is 175 Å². The zero-order valence-corrected chi connectivity index (χ0v) is 17.5. The highest BCUT2D eigenvalue weighted by Crippen LogP contribution is 2.36. The second-order valence-electron chi connectivity index (χ2n) is 7.18. The van der Waals surface area contributed by atoms with Crippen LogP contribution in [0.25, 0.3) is 0 Å². The van der Waals surface area contributed by atoms with E-state index >= 15 is 0 Å². The molecule has 0 fully saturated rings. The van der Waals surface area contributed by atoms with Crippen molar-refractivity contribution in [1.29, 1.82) is 0 Å². The highest BCUT2D eigenvalue weighted by molar-refractivity contribution is 6.30. The standard InChI is InChI=1S/C21H25ClN4O3/c1-14-20(27)26(12-4-11-25(2)3)18-13-17(9-10-19(18)29-14)24-21(28)23-16-7-5-15(22)6-8-16/h5-10,13-14H,4,11-12H2,1-3H3,(H2,23,24,28). The number of halogens is 1. The van der Waals surface area contributed by atoms with Gasteiger partial charge in [-0.25, -0.2) is 4.79 Å². The zero-order valence-electron chi connectivity index (χ0n) is 16.7. The third-order valence-electron chi connectivity index (χ3n) is 4.51. The molecular weight excluding hydrogens is 392 g/mol. The Hall–Kier alpha value is -2.77. The third-order valence-corrected chi connectivity index (χ3v) is 4.77. The van der Waals surface area contributed by atoms with Crippen LogP contribution in [0, 0.1) is 0 Å². The molecular formula is C21H25ClN4O3. The van der Waals surface area contributed by atoms with Crippen LogP contribution in [0.4, 0.5) is 21.9 Å². The first-order valence-electron chi connectivity index (χ1n) is 9.44. The van der Waals surface area contributed by atoms with Gasteiger partial charge in [-0.05, 0) is 76.4 Å². The molecule has 0 saturated carbocycles. The van der Waals surface area contributed by atoms with Gasteiger partial charge >= 0.3 is 6.03 Å². The van der Waals surface area contributed by atoms with Gasteiger partial charge in [-0.2, -0.15) is 0 Å². The lowest BCUT2D eigenvalue weighted by molar-refractivity contribution is -0.125. The number of nitrogens with one attached hydrogen (secondary N) is 2. The molecule has 0 spiro atoms. The Morgan fingerprint density at radius 2 is 1.79 bits per heavy atom. The van der Waals surface area contributed by atoms with Crippen LogP contribution in [0.1, 0.15) is 13.3 Å². The van der Waals surface area contributed by atoms with Crippen molar-refractivity contribution in [2.45, 2.75) is 19.4 Å². The van der Waals surface area contributed by atoms with Crippen LogP contribution in [0.2, 0.25) is 5.02 Å².